The topological polar surface area (TPSA) is 38.9 Å². The van der Waals surface area contributed by atoms with Crippen molar-refractivity contribution in [1.82, 2.24) is 4.98 Å². The molecule has 2 heterocycles. The molecule has 0 saturated carbocycles. The van der Waals surface area contributed by atoms with Crippen LogP contribution in [0.3, 0.4) is 0 Å². The summed E-state index contributed by atoms with van der Waals surface area (Å²) in [6.07, 6.45) is 1.84. The molecule has 72 valence electrons. The molecule has 2 N–H and O–H groups in total. The molecule has 0 saturated heterocycles. The minimum atomic E-state index is 0.753. The minimum Gasteiger partial charge on any atom is -0.397 e. The highest BCUT2D eigenvalue weighted by Crippen LogP contribution is 2.33. The van der Waals surface area contributed by atoms with E-state index < -0.39 is 0 Å². The van der Waals surface area contributed by atoms with Crippen LogP contribution in [-0.2, 0) is 0 Å². The van der Waals surface area contributed by atoms with Crippen molar-refractivity contribution < 1.29 is 0 Å². The molecule has 0 aliphatic carbocycles. The zero-order valence-electron chi connectivity index (χ0n) is 7.73. The van der Waals surface area contributed by atoms with E-state index in [0.717, 1.165) is 16.3 Å². The van der Waals surface area contributed by atoms with Crippen LogP contribution >= 0.6 is 23.1 Å². The third-order valence-corrected chi connectivity index (χ3v) is 3.78. The van der Waals surface area contributed by atoms with Gasteiger partial charge < -0.3 is 5.73 Å². The Kier molecular flexibility index (Phi) is 2.74. The van der Waals surface area contributed by atoms with Crippen molar-refractivity contribution in [1.29, 1.82) is 0 Å². The summed E-state index contributed by atoms with van der Waals surface area (Å²) in [5, 5.41) is 2.94. The maximum atomic E-state index is 5.86. The second-order valence-corrected chi connectivity index (χ2v) is 5.18. The molecule has 0 fully saturated rings. The number of hydrogen-bond acceptors (Lipinski definition) is 4. The number of pyridine rings is 1. The van der Waals surface area contributed by atoms with E-state index in [-0.39, 0.29) is 0 Å². The first-order valence-corrected chi connectivity index (χ1v) is 5.89. The maximum Gasteiger partial charge on any atom is 0.124 e. The number of rotatable bonds is 2. The Morgan fingerprint density at radius 2 is 2.36 bits per heavy atom. The largest absolute Gasteiger partial charge is 0.397 e. The molecule has 0 aliphatic rings. The number of nitrogens with two attached hydrogens (primary N) is 1. The molecule has 14 heavy (non-hydrogen) atoms. The molecular formula is C10H10N2S2. The molecule has 0 spiro atoms. The summed E-state index contributed by atoms with van der Waals surface area (Å²) in [5.74, 6) is 0. The third kappa shape index (κ3) is 2.08. The van der Waals surface area contributed by atoms with Gasteiger partial charge in [0.05, 0.1) is 9.90 Å². The van der Waals surface area contributed by atoms with Crippen molar-refractivity contribution in [3.05, 3.63) is 35.3 Å². The molecular weight excluding hydrogens is 212 g/mol. The number of nitrogens with zero attached hydrogens (tertiary/aromatic N) is 1. The Morgan fingerprint density at radius 3 is 3.00 bits per heavy atom. The molecule has 0 atom stereocenters. The lowest BCUT2D eigenvalue weighted by atomic mass is 10.3. The Labute approximate surface area is 91.2 Å². The van der Waals surface area contributed by atoms with Crippen LogP contribution < -0.4 is 5.73 Å². The second kappa shape index (κ2) is 4.02. The maximum absolute atomic E-state index is 5.86. The summed E-state index contributed by atoms with van der Waals surface area (Å²) in [7, 11) is 0. The van der Waals surface area contributed by atoms with Gasteiger partial charge in [-0.2, -0.15) is 0 Å². The van der Waals surface area contributed by atoms with Gasteiger partial charge in [0.25, 0.3) is 0 Å². The molecule has 0 aromatic carbocycles. The monoisotopic (exact) mass is 222 g/mol. The first kappa shape index (κ1) is 9.55. The van der Waals surface area contributed by atoms with E-state index in [1.807, 2.05) is 30.6 Å². The van der Waals surface area contributed by atoms with Crippen LogP contribution in [-0.4, -0.2) is 4.98 Å². The van der Waals surface area contributed by atoms with Gasteiger partial charge in [-0.25, -0.2) is 4.98 Å². The first-order chi connectivity index (χ1) is 6.75. The zero-order chi connectivity index (χ0) is 9.97. The zero-order valence-corrected chi connectivity index (χ0v) is 9.36. The SMILES string of the molecule is Cc1cnc(Sc2cccs2)c(N)c1. The van der Waals surface area contributed by atoms with Gasteiger partial charge >= 0.3 is 0 Å². The number of aryl methyl sites for hydroxylation is 1. The number of hydrogen-bond donors (Lipinski definition) is 1. The summed E-state index contributed by atoms with van der Waals surface area (Å²) >= 11 is 3.31. The van der Waals surface area contributed by atoms with Crippen LogP contribution in [0, 0.1) is 6.92 Å². The van der Waals surface area contributed by atoms with Crippen LogP contribution in [0.1, 0.15) is 5.56 Å². The number of thiophene rings is 1. The van der Waals surface area contributed by atoms with Gasteiger partial charge in [-0.05, 0) is 30.0 Å². The van der Waals surface area contributed by atoms with Gasteiger partial charge in [0.2, 0.25) is 0 Å². The quantitative estimate of drug-likeness (QED) is 0.848. The van der Waals surface area contributed by atoms with E-state index in [0.29, 0.717) is 0 Å². The standard InChI is InChI=1S/C10H10N2S2/c1-7-5-8(11)10(12-6-7)14-9-3-2-4-13-9/h2-6H,11H2,1H3. The molecule has 2 rings (SSSR count). The van der Waals surface area contributed by atoms with Crippen molar-refractivity contribution in [3.63, 3.8) is 0 Å². The first-order valence-electron chi connectivity index (χ1n) is 4.19. The predicted octanol–water partition coefficient (Wildman–Crippen LogP) is 3.18. The highest BCUT2D eigenvalue weighted by Gasteiger charge is 2.03. The van der Waals surface area contributed by atoms with E-state index in [1.54, 1.807) is 23.1 Å². The Bertz CT molecular complexity index is 424. The van der Waals surface area contributed by atoms with Crippen molar-refractivity contribution in [2.24, 2.45) is 0 Å². The van der Waals surface area contributed by atoms with Gasteiger partial charge in [0, 0.05) is 6.20 Å². The molecule has 2 aromatic rings. The second-order valence-electron chi connectivity index (χ2n) is 2.94. The highest BCUT2D eigenvalue weighted by atomic mass is 32.2. The summed E-state index contributed by atoms with van der Waals surface area (Å²) < 4.78 is 1.22. The smallest absolute Gasteiger partial charge is 0.124 e. The summed E-state index contributed by atoms with van der Waals surface area (Å²) in [4.78, 5) is 4.30. The van der Waals surface area contributed by atoms with Gasteiger partial charge in [-0.15, -0.1) is 11.3 Å². The summed E-state index contributed by atoms with van der Waals surface area (Å²) in [5.41, 5.74) is 7.71. The van der Waals surface area contributed by atoms with E-state index in [4.69, 9.17) is 5.73 Å². The number of nitrogen functional groups attached to an aromatic ring is 1. The van der Waals surface area contributed by atoms with Crippen molar-refractivity contribution in [3.8, 4) is 0 Å². The molecule has 0 amide bonds. The third-order valence-electron chi connectivity index (χ3n) is 1.71. The summed E-state index contributed by atoms with van der Waals surface area (Å²) in [6, 6.07) is 6.04. The fourth-order valence-electron chi connectivity index (χ4n) is 1.08. The average molecular weight is 222 g/mol. The van der Waals surface area contributed by atoms with Crippen LogP contribution in [0.2, 0.25) is 0 Å². The Morgan fingerprint density at radius 1 is 1.50 bits per heavy atom. The molecule has 0 bridgehead atoms. The van der Waals surface area contributed by atoms with E-state index in [9.17, 15) is 0 Å². The predicted molar refractivity (Wildman–Crippen MR) is 61.8 cm³/mol. The van der Waals surface area contributed by atoms with Crippen molar-refractivity contribution in [2.45, 2.75) is 16.2 Å². The molecule has 2 nitrogen and oxygen atoms in total. The Balaban J connectivity index is 2.25. The number of anilines is 1. The molecule has 0 unspecified atom stereocenters. The van der Waals surface area contributed by atoms with Crippen molar-refractivity contribution in [2.75, 3.05) is 5.73 Å². The van der Waals surface area contributed by atoms with Crippen LogP contribution in [0.5, 0.6) is 0 Å². The van der Waals surface area contributed by atoms with Crippen LogP contribution in [0.25, 0.3) is 0 Å². The lowest BCUT2D eigenvalue weighted by Crippen LogP contribution is -1.91. The Hall–Kier alpha value is -1.00. The van der Waals surface area contributed by atoms with Gasteiger partial charge in [0.1, 0.15) is 5.03 Å². The molecule has 0 radical (unpaired) electrons. The summed E-state index contributed by atoms with van der Waals surface area (Å²) in [6.45, 7) is 1.99. The van der Waals surface area contributed by atoms with E-state index in [1.165, 1.54) is 4.21 Å². The number of aromatic nitrogens is 1. The lowest BCUT2D eigenvalue weighted by Gasteiger charge is -2.02. The molecule has 4 heteroatoms. The van der Waals surface area contributed by atoms with E-state index >= 15 is 0 Å². The van der Waals surface area contributed by atoms with Crippen molar-refractivity contribution >= 4 is 28.8 Å². The fraction of sp³-hybridized carbons (Fsp3) is 0.100. The normalized spacial score (nSPS) is 10.4. The van der Waals surface area contributed by atoms with Gasteiger partial charge in [0.15, 0.2) is 0 Å². The van der Waals surface area contributed by atoms with Gasteiger partial charge in [-0.3, -0.25) is 0 Å². The van der Waals surface area contributed by atoms with E-state index in [2.05, 4.69) is 11.1 Å². The van der Waals surface area contributed by atoms with Gasteiger partial charge in [-0.1, -0.05) is 17.8 Å². The lowest BCUT2D eigenvalue weighted by molar-refractivity contribution is 1.12. The fourth-order valence-corrected chi connectivity index (χ4v) is 2.75. The van der Waals surface area contributed by atoms with Crippen LogP contribution in [0.15, 0.2) is 39.0 Å². The molecule has 0 aliphatic heterocycles. The highest BCUT2D eigenvalue weighted by molar-refractivity contribution is 8.01. The average Bonchev–Trinajstić information content (AvgIpc) is 2.62. The molecule has 2 aromatic heterocycles. The van der Waals surface area contributed by atoms with Crippen LogP contribution in [0.4, 0.5) is 5.69 Å². The minimum absolute atomic E-state index is 0.753.